The monoisotopic (exact) mass is 258 g/mol. The zero-order chi connectivity index (χ0) is 12.4. The lowest BCUT2D eigenvalue weighted by atomic mass is 10.2. The minimum atomic E-state index is -0.157. The molecule has 18 heavy (non-hydrogen) atoms. The molecule has 1 aromatic carbocycles. The Balaban J connectivity index is 1.87. The summed E-state index contributed by atoms with van der Waals surface area (Å²) >= 11 is 1.56. The summed E-state index contributed by atoms with van der Waals surface area (Å²) in [4.78, 5) is 24.5. The van der Waals surface area contributed by atoms with Crippen molar-refractivity contribution in [2.75, 3.05) is 12.3 Å². The second-order valence-corrected chi connectivity index (χ2v) is 4.83. The van der Waals surface area contributed by atoms with E-state index in [1.807, 2.05) is 0 Å². The van der Waals surface area contributed by atoms with Gasteiger partial charge in [-0.2, -0.15) is 0 Å². The van der Waals surface area contributed by atoms with Gasteiger partial charge in [-0.25, -0.2) is 0 Å². The highest BCUT2D eigenvalue weighted by atomic mass is 32.2. The summed E-state index contributed by atoms with van der Waals surface area (Å²) in [5.41, 5.74) is 2.06. The second kappa shape index (κ2) is 4.73. The largest absolute Gasteiger partial charge is 0.301 e. The van der Waals surface area contributed by atoms with Crippen molar-refractivity contribution in [1.82, 2.24) is 15.3 Å². The Bertz CT molecular complexity index is 641. The molecule has 0 aliphatic carbocycles. The fraction of sp³-hybridized carbons (Fsp3) is 0.167. The van der Waals surface area contributed by atoms with E-state index in [4.69, 9.17) is 0 Å². The number of carbonyl (C=O) groups excluding carboxylic acids is 1. The van der Waals surface area contributed by atoms with Crippen LogP contribution in [0, 0.1) is 0 Å². The van der Waals surface area contributed by atoms with Crippen molar-refractivity contribution >= 4 is 33.9 Å². The van der Waals surface area contributed by atoms with Crippen molar-refractivity contribution in [2.45, 2.75) is 0 Å². The van der Waals surface area contributed by atoms with Crippen LogP contribution in [-0.2, 0) is 0 Å². The highest BCUT2D eigenvalue weighted by molar-refractivity contribution is 8.14. The molecule has 0 radical (unpaired) electrons. The molecule has 0 spiro atoms. The zero-order valence-electron chi connectivity index (χ0n) is 9.46. The number of amidine groups is 1. The number of nitrogens with one attached hydrogen (secondary N) is 1. The van der Waals surface area contributed by atoms with Crippen molar-refractivity contribution < 1.29 is 4.79 Å². The van der Waals surface area contributed by atoms with Gasteiger partial charge in [0.05, 0.1) is 17.6 Å². The van der Waals surface area contributed by atoms with E-state index >= 15 is 0 Å². The molecule has 0 fully saturated rings. The molecule has 0 unspecified atom stereocenters. The van der Waals surface area contributed by atoms with E-state index in [1.165, 1.54) is 0 Å². The molecule has 2 heterocycles. The van der Waals surface area contributed by atoms with E-state index in [-0.39, 0.29) is 5.91 Å². The quantitative estimate of drug-likeness (QED) is 0.841. The molecule has 0 saturated carbocycles. The highest BCUT2D eigenvalue weighted by Crippen LogP contribution is 2.13. The molecule has 1 amide bonds. The van der Waals surface area contributed by atoms with Gasteiger partial charge in [0.15, 0.2) is 5.17 Å². The number of rotatable bonds is 1. The predicted molar refractivity (Wildman–Crippen MR) is 71.8 cm³/mol. The number of hydrogen-bond donors (Lipinski definition) is 1. The summed E-state index contributed by atoms with van der Waals surface area (Å²) < 4.78 is 0. The molecule has 5 nitrogen and oxygen atoms in total. The Morgan fingerprint density at radius 1 is 1.22 bits per heavy atom. The summed E-state index contributed by atoms with van der Waals surface area (Å²) in [5.74, 6) is 0.773. The topological polar surface area (TPSA) is 67.2 Å². The average molecular weight is 258 g/mol. The van der Waals surface area contributed by atoms with E-state index in [2.05, 4.69) is 20.3 Å². The van der Waals surface area contributed by atoms with Crippen LogP contribution in [-0.4, -0.2) is 33.3 Å². The first kappa shape index (κ1) is 11.2. The number of amides is 1. The summed E-state index contributed by atoms with van der Waals surface area (Å²) in [6, 6.07) is 5.27. The fourth-order valence-corrected chi connectivity index (χ4v) is 2.41. The Labute approximate surface area is 108 Å². The van der Waals surface area contributed by atoms with Crippen LogP contribution in [0.1, 0.15) is 10.4 Å². The Kier molecular flexibility index (Phi) is 2.93. The van der Waals surface area contributed by atoms with Gasteiger partial charge in [-0.1, -0.05) is 11.8 Å². The summed E-state index contributed by atoms with van der Waals surface area (Å²) in [5, 5.41) is 3.48. The molecule has 1 aromatic heterocycles. The predicted octanol–water partition coefficient (Wildman–Crippen LogP) is 1.46. The number of nitrogens with zero attached hydrogens (tertiary/aromatic N) is 3. The minimum absolute atomic E-state index is 0.157. The first-order valence-electron chi connectivity index (χ1n) is 5.52. The third kappa shape index (κ3) is 2.19. The van der Waals surface area contributed by atoms with Crippen LogP contribution in [0.25, 0.3) is 11.0 Å². The van der Waals surface area contributed by atoms with Gasteiger partial charge in [0, 0.05) is 23.7 Å². The van der Waals surface area contributed by atoms with Crippen molar-refractivity contribution in [3.8, 4) is 0 Å². The standard InChI is InChI=1S/C12H10N4OS/c17-11(16-12-15-5-6-18-12)8-1-2-9-10(7-8)14-4-3-13-9/h1-4,7H,5-6H2,(H,15,16,17). The molecule has 3 rings (SSSR count). The molecule has 2 aromatic rings. The first-order valence-corrected chi connectivity index (χ1v) is 6.51. The number of aromatic nitrogens is 2. The first-order chi connectivity index (χ1) is 8.83. The summed E-state index contributed by atoms with van der Waals surface area (Å²) in [6.45, 7) is 0.767. The number of thioether (sulfide) groups is 1. The number of aliphatic imine (C=N–C) groups is 1. The Morgan fingerprint density at radius 2 is 2.06 bits per heavy atom. The molecular weight excluding hydrogens is 248 g/mol. The lowest BCUT2D eigenvalue weighted by Crippen LogP contribution is -2.27. The normalized spacial score (nSPS) is 14.6. The second-order valence-electron chi connectivity index (χ2n) is 3.75. The molecule has 90 valence electrons. The SMILES string of the molecule is O=C(NC1=NCCS1)c1ccc2nccnc2c1. The van der Waals surface area contributed by atoms with Crippen LogP contribution in [0.5, 0.6) is 0 Å². The Hall–Kier alpha value is -1.95. The summed E-state index contributed by atoms with van der Waals surface area (Å²) in [6.07, 6.45) is 3.24. The smallest absolute Gasteiger partial charge is 0.257 e. The van der Waals surface area contributed by atoms with Crippen LogP contribution < -0.4 is 5.32 Å². The van der Waals surface area contributed by atoms with Gasteiger partial charge in [0.25, 0.3) is 5.91 Å². The van der Waals surface area contributed by atoms with Gasteiger partial charge >= 0.3 is 0 Å². The van der Waals surface area contributed by atoms with Gasteiger partial charge in [-0.05, 0) is 18.2 Å². The van der Waals surface area contributed by atoms with Crippen LogP contribution in [0.4, 0.5) is 0 Å². The van der Waals surface area contributed by atoms with Crippen molar-refractivity contribution in [2.24, 2.45) is 4.99 Å². The average Bonchev–Trinajstić information content (AvgIpc) is 2.91. The molecule has 1 aliphatic rings. The third-order valence-electron chi connectivity index (χ3n) is 2.54. The number of carbonyl (C=O) groups is 1. The molecule has 6 heteroatoms. The number of hydrogen-bond acceptors (Lipinski definition) is 5. The highest BCUT2D eigenvalue weighted by Gasteiger charge is 2.13. The van der Waals surface area contributed by atoms with E-state index in [0.717, 1.165) is 17.8 Å². The lowest BCUT2D eigenvalue weighted by molar-refractivity contribution is 0.0978. The van der Waals surface area contributed by atoms with Gasteiger partial charge < -0.3 is 5.32 Å². The third-order valence-corrected chi connectivity index (χ3v) is 3.43. The number of benzene rings is 1. The minimum Gasteiger partial charge on any atom is -0.301 e. The van der Waals surface area contributed by atoms with Crippen molar-refractivity contribution in [3.63, 3.8) is 0 Å². The van der Waals surface area contributed by atoms with Gasteiger partial charge in [0.1, 0.15) is 0 Å². The van der Waals surface area contributed by atoms with Crippen molar-refractivity contribution in [3.05, 3.63) is 36.2 Å². The summed E-state index contributed by atoms with van der Waals surface area (Å²) in [7, 11) is 0. The van der Waals surface area contributed by atoms with Crippen LogP contribution >= 0.6 is 11.8 Å². The van der Waals surface area contributed by atoms with E-state index in [1.54, 1.807) is 42.4 Å². The van der Waals surface area contributed by atoms with Crippen LogP contribution in [0.3, 0.4) is 0 Å². The Morgan fingerprint density at radius 3 is 2.83 bits per heavy atom. The molecule has 1 N–H and O–H groups in total. The lowest BCUT2D eigenvalue weighted by Gasteiger charge is -2.04. The molecule has 0 saturated heterocycles. The van der Waals surface area contributed by atoms with Gasteiger partial charge in [-0.3, -0.25) is 19.8 Å². The maximum Gasteiger partial charge on any atom is 0.257 e. The zero-order valence-corrected chi connectivity index (χ0v) is 10.3. The van der Waals surface area contributed by atoms with Gasteiger partial charge in [-0.15, -0.1) is 0 Å². The molecule has 0 atom stereocenters. The molecular formula is C12H10N4OS. The van der Waals surface area contributed by atoms with Crippen molar-refractivity contribution in [1.29, 1.82) is 0 Å². The van der Waals surface area contributed by atoms with E-state index in [0.29, 0.717) is 16.2 Å². The van der Waals surface area contributed by atoms with E-state index < -0.39 is 0 Å². The maximum atomic E-state index is 12.0. The van der Waals surface area contributed by atoms with Crippen LogP contribution in [0.15, 0.2) is 35.6 Å². The molecule has 1 aliphatic heterocycles. The van der Waals surface area contributed by atoms with Gasteiger partial charge in [0.2, 0.25) is 0 Å². The van der Waals surface area contributed by atoms with Crippen LogP contribution in [0.2, 0.25) is 0 Å². The maximum absolute atomic E-state index is 12.0. The fourth-order valence-electron chi connectivity index (χ4n) is 1.68. The number of fused-ring (bicyclic) bond motifs is 1. The molecule has 0 bridgehead atoms. The van der Waals surface area contributed by atoms with E-state index in [9.17, 15) is 4.79 Å².